The summed E-state index contributed by atoms with van der Waals surface area (Å²) >= 11 is 0. The van der Waals surface area contributed by atoms with Gasteiger partial charge in [-0.05, 0) is 6.92 Å². The number of carboxylic acids is 1. The Morgan fingerprint density at radius 3 is 2.94 bits per heavy atom. The molecular formula is C10H13N5O3. The molecule has 0 atom stereocenters. The summed E-state index contributed by atoms with van der Waals surface area (Å²) < 4.78 is 3.00. The lowest BCUT2D eigenvalue weighted by atomic mass is 10.3. The van der Waals surface area contributed by atoms with Crippen molar-refractivity contribution in [2.75, 3.05) is 0 Å². The fourth-order valence-electron chi connectivity index (χ4n) is 1.60. The van der Waals surface area contributed by atoms with E-state index in [9.17, 15) is 9.59 Å². The van der Waals surface area contributed by atoms with Gasteiger partial charge in [-0.15, -0.1) is 0 Å². The van der Waals surface area contributed by atoms with Crippen molar-refractivity contribution in [1.82, 2.24) is 24.5 Å². The van der Waals surface area contributed by atoms with Crippen LogP contribution in [0, 0.1) is 0 Å². The molecule has 0 saturated heterocycles. The maximum Gasteiger partial charge on any atom is 0.343 e. The molecule has 2 N–H and O–H groups in total. The minimum atomic E-state index is -0.960. The topological polar surface area (TPSA) is 106 Å². The highest BCUT2D eigenvalue weighted by Gasteiger charge is 2.13. The number of aromatic nitrogens is 5. The summed E-state index contributed by atoms with van der Waals surface area (Å²) in [6.45, 7) is 2.74. The quantitative estimate of drug-likeness (QED) is 0.773. The standard InChI is InChI=1S/C10H13N5O3/c1-2-14-6-7(5-11-14)9-12-13-10(18)15(9)4-3-8(16)17/h5-6H,2-4H2,1H3,(H,13,18)(H,16,17). The van der Waals surface area contributed by atoms with Crippen LogP contribution in [0.2, 0.25) is 0 Å². The smallest absolute Gasteiger partial charge is 0.343 e. The van der Waals surface area contributed by atoms with Gasteiger partial charge in [0, 0.05) is 19.3 Å². The first kappa shape index (κ1) is 12.1. The van der Waals surface area contributed by atoms with E-state index in [1.165, 1.54) is 4.57 Å². The van der Waals surface area contributed by atoms with E-state index in [4.69, 9.17) is 5.11 Å². The van der Waals surface area contributed by atoms with Crippen LogP contribution in [0.15, 0.2) is 17.2 Å². The van der Waals surface area contributed by atoms with Crippen molar-refractivity contribution in [2.45, 2.75) is 26.4 Å². The van der Waals surface area contributed by atoms with Gasteiger partial charge in [0.05, 0.1) is 18.2 Å². The van der Waals surface area contributed by atoms with Crippen LogP contribution < -0.4 is 5.69 Å². The third-order valence-corrected chi connectivity index (χ3v) is 2.52. The molecule has 0 aliphatic rings. The van der Waals surface area contributed by atoms with E-state index >= 15 is 0 Å². The average Bonchev–Trinajstić information content (AvgIpc) is 2.92. The zero-order valence-corrected chi connectivity index (χ0v) is 9.83. The summed E-state index contributed by atoms with van der Waals surface area (Å²) in [7, 11) is 0. The van der Waals surface area contributed by atoms with Crippen LogP contribution in [0.25, 0.3) is 11.4 Å². The molecule has 0 amide bonds. The summed E-state index contributed by atoms with van der Waals surface area (Å²) in [4.78, 5) is 22.1. The van der Waals surface area contributed by atoms with E-state index in [1.807, 2.05) is 6.92 Å². The lowest BCUT2D eigenvalue weighted by Crippen LogP contribution is -2.19. The number of hydrogen-bond donors (Lipinski definition) is 2. The van der Waals surface area contributed by atoms with Crippen LogP contribution in [-0.4, -0.2) is 35.6 Å². The highest BCUT2D eigenvalue weighted by Crippen LogP contribution is 2.14. The number of rotatable bonds is 5. The minimum Gasteiger partial charge on any atom is -0.481 e. The van der Waals surface area contributed by atoms with E-state index in [0.717, 1.165) is 0 Å². The monoisotopic (exact) mass is 251 g/mol. The molecule has 8 nitrogen and oxygen atoms in total. The van der Waals surface area contributed by atoms with Crippen LogP contribution in [0.4, 0.5) is 0 Å². The number of nitrogens with zero attached hydrogens (tertiary/aromatic N) is 4. The van der Waals surface area contributed by atoms with Crippen molar-refractivity contribution in [3.63, 3.8) is 0 Å². The molecule has 2 heterocycles. The fraction of sp³-hybridized carbons (Fsp3) is 0.400. The zero-order chi connectivity index (χ0) is 13.1. The summed E-state index contributed by atoms with van der Waals surface area (Å²) in [5.74, 6) is -0.556. The van der Waals surface area contributed by atoms with Crippen molar-refractivity contribution >= 4 is 5.97 Å². The van der Waals surface area contributed by atoms with E-state index in [1.54, 1.807) is 17.1 Å². The zero-order valence-electron chi connectivity index (χ0n) is 9.83. The number of carboxylic acid groups (broad SMARTS) is 1. The van der Waals surface area contributed by atoms with E-state index in [0.29, 0.717) is 17.9 Å². The van der Waals surface area contributed by atoms with Gasteiger partial charge in [0.15, 0.2) is 5.82 Å². The number of aromatic amines is 1. The first-order valence-corrected chi connectivity index (χ1v) is 5.51. The number of hydrogen-bond acceptors (Lipinski definition) is 4. The summed E-state index contributed by atoms with van der Waals surface area (Å²) in [5, 5.41) is 18.9. The predicted molar refractivity (Wildman–Crippen MR) is 62.0 cm³/mol. The van der Waals surface area contributed by atoms with Gasteiger partial charge in [0.25, 0.3) is 0 Å². The second-order valence-corrected chi connectivity index (χ2v) is 3.73. The van der Waals surface area contributed by atoms with E-state index < -0.39 is 11.7 Å². The molecule has 8 heteroatoms. The van der Waals surface area contributed by atoms with Gasteiger partial charge >= 0.3 is 11.7 Å². The molecule has 0 spiro atoms. The van der Waals surface area contributed by atoms with Gasteiger partial charge in [-0.1, -0.05) is 0 Å². The molecule has 0 aliphatic heterocycles. The molecule has 0 fully saturated rings. The molecule has 2 aromatic heterocycles. The van der Waals surface area contributed by atoms with Gasteiger partial charge in [-0.25, -0.2) is 9.89 Å². The van der Waals surface area contributed by atoms with Crippen LogP contribution in [-0.2, 0) is 17.9 Å². The Hall–Kier alpha value is -2.38. The predicted octanol–water partition coefficient (Wildman–Crippen LogP) is -0.0705. The number of H-pyrrole nitrogens is 1. The molecule has 2 rings (SSSR count). The Bertz CT molecular complexity index is 609. The second kappa shape index (κ2) is 4.86. The first-order valence-electron chi connectivity index (χ1n) is 5.51. The molecule has 0 saturated carbocycles. The first-order chi connectivity index (χ1) is 8.61. The largest absolute Gasteiger partial charge is 0.481 e. The van der Waals surface area contributed by atoms with Crippen LogP contribution in [0.5, 0.6) is 0 Å². The second-order valence-electron chi connectivity index (χ2n) is 3.73. The third kappa shape index (κ3) is 2.31. The molecular weight excluding hydrogens is 238 g/mol. The van der Waals surface area contributed by atoms with Crippen molar-refractivity contribution in [3.05, 3.63) is 22.9 Å². The Labute approximate surface area is 102 Å². The molecule has 96 valence electrons. The molecule has 18 heavy (non-hydrogen) atoms. The van der Waals surface area contributed by atoms with Crippen molar-refractivity contribution < 1.29 is 9.90 Å². The van der Waals surface area contributed by atoms with Gasteiger partial charge < -0.3 is 5.11 Å². The van der Waals surface area contributed by atoms with Crippen molar-refractivity contribution in [1.29, 1.82) is 0 Å². The minimum absolute atomic E-state index is 0.0807. The van der Waals surface area contributed by atoms with Crippen molar-refractivity contribution in [3.8, 4) is 11.4 Å². The van der Waals surface area contributed by atoms with Gasteiger partial charge in [-0.2, -0.15) is 10.2 Å². The Morgan fingerprint density at radius 2 is 2.33 bits per heavy atom. The highest BCUT2D eigenvalue weighted by molar-refractivity contribution is 5.66. The molecule has 0 bridgehead atoms. The SMILES string of the molecule is CCn1cc(-c2n[nH]c(=O)n2CCC(=O)O)cn1. The van der Waals surface area contributed by atoms with E-state index in [2.05, 4.69) is 15.3 Å². The highest BCUT2D eigenvalue weighted by atomic mass is 16.4. The molecule has 0 aliphatic carbocycles. The van der Waals surface area contributed by atoms with Gasteiger partial charge in [0.1, 0.15) is 0 Å². The molecule has 0 aromatic carbocycles. The summed E-state index contributed by atoms with van der Waals surface area (Å²) in [6.07, 6.45) is 3.22. The Kier molecular flexibility index (Phi) is 3.26. The van der Waals surface area contributed by atoms with Gasteiger partial charge in [-0.3, -0.25) is 14.0 Å². The Morgan fingerprint density at radius 1 is 1.56 bits per heavy atom. The number of nitrogens with one attached hydrogen (secondary N) is 1. The fourth-order valence-corrected chi connectivity index (χ4v) is 1.60. The number of carbonyl (C=O) groups is 1. The maximum atomic E-state index is 11.5. The normalized spacial score (nSPS) is 10.7. The van der Waals surface area contributed by atoms with Crippen LogP contribution >= 0.6 is 0 Å². The number of aliphatic carboxylic acids is 1. The summed E-state index contributed by atoms with van der Waals surface area (Å²) in [5.41, 5.74) is 0.260. The Balaban J connectivity index is 2.33. The maximum absolute atomic E-state index is 11.5. The summed E-state index contributed by atoms with van der Waals surface area (Å²) in [6, 6.07) is 0. The average molecular weight is 251 g/mol. The lowest BCUT2D eigenvalue weighted by molar-refractivity contribution is -0.137. The molecule has 0 unspecified atom stereocenters. The third-order valence-electron chi connectivity index (χ3n) is 2.52. The van der Waals surface area contributed by atoms with Gasteiger partial charge in [0.2, 0.25) is 0 Å². The van der Waals surface area contributed by atoms with E-state index in [-0.39, 0.29) is 13.0 Å². The van der Waals surface area contributed by atoms with Crippen LogP contribution in [0.3, 0.4) is 0 Å². The molecule has 0 radical (unpaired) electrons. The van der Waals surface area contributed by atoms with Crippen molar-refractivity contribution in [2.24, 2.45) is 0 Å². The lowest BCUT2D eigenvalue weighted by Gasteiger charge is -2.01. The number of aryl methyl sites for hydroxylation is 1. The van der Waals surface area contributed by atoms with Crippen LogP contribution in [0.1, 0.15) is 13.3 Å². The molecule has 2 aromatic rings.